The van der Waals surface area contributed by atoms with Gasteiger partial charge in [0.05, 0.1) is 6.10 Å². The number of nitrogens with zero attached hydrogens (tertiary/aromatic N) is 1. The highest BCUT2D eigenvalue weighted by Crippen LogP contribution is 2.51. The molecular weight excluding hydrogens is 392 g/mol. The molecule has 2 aromatic rings. The van der Waals surface area contributed by atoms with Crippen LogP contribution in [0.3, 0.4) is 0 Å². The number of amides is 1. The fraction of sp³-hybridized carbons (Fsp3) is 0.348. The van der Waals surface area contributed by atoms with E-state index in [-0.39, 0.29) is 18.6 Å². The first kappa shape index (κ1) is 25.1. The number of rotatable bonds is 5. The van der Waals surface area contributed by atoms with Crippen molar-refractivity contribution in [2.75, 3.05) is 20.7 Å². The zero-order chi connectivity index (χ0) is 22.9. The van der Waals surface area contributed by atoms with Gasteiger partial charge in [-0.2, -0.15) is 0 Å². The van der Waals surface area contributed by atoms with E-state index in [0.29, 0.717) is 18.4 Å². The minimum Gasteiger partial charge on any atom is -0.368 e. The summed E-state index contributed by atoms with van der Waals surface area (Å²) in [6, 6.07) is 11.4. The largest absolute Gasteiger partial charge is 0.368 e. The summed E-state index contributed by atoms with van der Waals surface area (Å²) in [4.78, 5) is 29.2. The number of hydrogen-bond acceptors (Lipinski definition) is 4. The molecule has 0 radical (unpaired) electrons. The molecule has 0 atom stereocenters. The Labute approximate surface area is 175 Å². The van der Waals surface area contributed by atoms with E-state index < -0.39 is 17.0 Å². The van der Waals surface area contributed by atoms with Crippen molar-refractivity contribution in [3.05, 3.63) is 70.8 Å². The van der Waals surface area contributed by atoms with Crippen molar-refractivity contribution < 1.29 is 27.9 Å². The molecule has 3 rings (SSSR count). The van der Waals surface area contributed by atoms with Crippen LogP contribution >= 0.6 is 0 Å². The first-order valence-electron chi connectivity index (χ1n) is 9.24. The van der Waals surface area contributed by atoms with Crippen LogP contribution in [-0.2, 0) is 24.5 Å². The second kappa shape index (κ2) is 11.3. The molecule has 1 aliphatic carbocycles. The number of aryl methyl sites for hydroxylation is 1. The van der Waals surface area contributed by atoms with E-state index in [1.165, 1.54) is 17.0 Å². The van der Waals surface area contributed by atoms with Gasteiger partial charge in [0.2, 0.25) is 5.91 Å². The van der Waals surface area contributed by atoms with Crippen LogP contribution in [0.4, 0.5) is 8.78 Å². The molecule has 162 valence electrons. The molecule has 0 bridgehead atoms. The Kier molecular flexibility index (Phi) is 9.46. The summed E-state index contributed by atoms with van der Waals surface area (Å²) < 4.78 is 34.0. The summed E-state index contributed by atoms with van der Waals surface area (Å²) in [7, 11) is 3.34. The van der Waals surface area contributed by atoms with Gasteiger partial charge < -0.3 is 19.2 Å². The van der Waals surface area contributed by atoms with E-state index in [9.17, 15) is 13.6 Å². The Morgan fingerprint density at radius 1 is 1.07 bits per heavy atom. The van der Waals surface area contributed by atoms with Crippen molar-refractivity contribution in [1.29, 1.82) is 0 Å². The number of ether oxygens (including phenoxy) is 1. The third-order valence-corrected chi connectivity index (χ3v) is 5.14. The molecule has 7 heteroatoms. The third-order valence-electron chi connectivity index (χ3n) is 5.14. The molecule has 0 saturated heterocycles. The SMILES string of the molecule is C=O.C=O.Cc1ccc(C2(c3cc(F)ccc3F)CC(OCC(=O)N(C)C)C2)cc1. The molecular formula is C23H27F2NO4. The van der Waals surface area contributed by atoms with Crippen molar-refractivity contribution in [3.63, 3.8) is 0 Å². The van der Waals surface area contributed by atoms with Gasteiger partial charge in [-0.05, 0) is 43.5 Å². The van der Waals surface area contributed by atoms with E-state index in [0.717, 1.165) is 17.2 Å². The Balaban J connectivity index is 0.00000106. The van der Waals surface area contributed by atoms with Gasteiger partial charge in [0, 0.05) is 25.1 Å². The van der Waals surface area contributed by atoms with Crippen LogP contribution in [0.1, 0.15) is 29.5 Å². The standard InChI is InChI=1S/C21H23F2NO2.2CH2O/c1-14-4-6-15(7-5-14)21(18-10-16(22)8-9-19(18)23)11-17(12-21)26-13-20(25)24(2)3;2*1-2/h4-10,17H,11-13H2,1-3H3;2*1H2. The van der Waals surface area contributed by atoms with Crippen molar-refractivity contribution in [1.82, 2.24) is 4.90 Å². The van der Waals surface area contributed by atoms with Gasteiger partial charge in [-0.15, -0.1) is 0 Å². The van der Waals surface area contributed by atoms with Gasteiger partial charge in [0.1, 0.15) is 31.8 Å². The maximum Gasteiger partial charge on any atom is 0.248 e. The molecule has 0 aromatic heterocycles. The van der Waals surface area contributed by atoms with Gasteiger partial charge >= 0.3 is 0 Å². The lowest BCUT2D eigenvalue weighted by Crippen LogP contribution is -2.48. The molecule has 0 aliphatic heterocycles. The fourth-order valence-electron chi connectivity index (χ4n) is 3.50. The maximum absolute atomic E-state index is 14.5. The van der Waals surface area contributed by atoms with Gasteiger partial charge in [-0.25, -0.2) is 8.78 Å². The minimum atomic E-state index is -0.633. The maximum atomic E-state index is 14.5. The molecule has 5 nitrogen and oxygen atoms in total. The lowest BCUT2D eigenvalue weighted by molar-refractivity contribution is -0.139. The topological polar surface area (TPSA) is 63.7 Å². The lowest BCUT2D eigenvalue weighted by Gasteiger charge is -2.48. The summed E-state index contributed by atoms with van der Waals surface area (Å²) >= 11 is 0. The monoisotopic (exact) mass is 419 g/mol. The van der Waals surface area contributed by atoms with Crippen LogP contribution in [-0.4, -0.2) is 51.2 Å². The van der Waals surface area contributed by atoms with Crippen LogP contribution in [0, 0.1) is 18.6 Å². The number of halogens is 2. The molecule has 1 amide bonds. The molecule has 0 heterocycles. The van der Waals surface area contributed by atoms with Crippen molar-refractivity contribution in [2.24, 2.45) is 0 Å². The Hall–Kier alpha value is -2.93. The fourth-order valence-corrected chi connectivity index (χ4v) is 3.50. The number of benzene rings is 2. The van der Waals surface area contributed by atoms with Crippen LogP contribution < -0.4 is 0 Å². The number of carbonyl (C=O) groups is 3. The van der Waals surface area contributed by atoms with Crippen molar-refractivity contribution in [2.45, 2.75) is 31.3 Å². The van der Waals surface area contributed by atoms with Crippen LogP contribution in [0.25, 0.3) is 0 Å². The van der Waals surface area contributed by atoms with E-state index in [1.807, 2.05) is 44.8 Å². The Morgan fingerprint density at radius 3 is 2.17 bits per heavy atom. The van der Waals surface area contributed by atoms with E-state index in [4.69, 9.17) is 14.3 Å². The van der Waals surface area contributed by atoms with Gasteiger partial charge in [0.15, 0.2) is 0 Å². The van der Waals surface area contributed by atoms with Crippen LogP contribution in [0.15, 0.2) is 42.5 Å². The predicted octanol–water partition coefficient (Wildman–Crippen LogP) is 3.46. The summed E-state index contributed by atoms with van der Waals surface area (Å²) in [6.07, 6.45) is 0.858. The Bertz CT molecular complexity index is 832. The molecule has 2 aromatic carbocycles. The second-order valence-electron chi connectivity index (χ2n) is 7.20. The van der Waals surface area contributed by atoms with E-state index >= 15 is 0 Å². The first-order valence-corrected chi connectivity index (χ1v) is 9.24. The van der Waals surface area contributed by atoms with Crippen LogP contribution in [0.5, 0.6) is 0 Å². The molecule has 1 fully saturated rings. The normalized spacial score (nSPS) is 19.3. The highest BCUT2D eigenvalue weighted by atomic mass is 19.1. The van der Waals surface area contributed by atoms with E-state index in [1.54, 1.807) is 14.1 Å². The zero-order valence-corrected chi connectivity index (χ0v) is 17.5. The summed E-state index contributed by atoms with van der Waals surface area (Å²) in [6.45, 7) is 5.98. The molecule has 1 aliphatic rings. The highest BCUT2D eigenvalue weighted by molar-refractivity contribution is 5.76. The van der Waals surface area contributed by atoms with Crippen molar-refractivity contribution >= 4 is 19.5 Å². The third kappa shape index (κ3) is 5.57. The number of likely N-dealkylation sites (N-methyl/N-ethyl adjacent to an activating group) is 1. The zero-order valence-electron chi connectivity index (χ0n) is 17.5. The summed E-state index contributed by atoms with van der Waals surface area (Å²) in [5.74, 6) is -0.996. The van der Waals surface area contributed by atoms with E-state index in [2.05, 4.69) is 0 Å². The van der Waals surface area contributed by atoms with Gasteiger partial charge in [-0.1, -0.05) is 29.8 Å². The molecule has 1 saturated carbocycles. The van der Waals surface area contributed by atoms with Crippen molar-refractivity contribution in [3.8, 4) is 0 Å². The minimum absolute atomic E-state index is 0.00667. The molecule has 30 heavy (non-hydrogen) atoms. The lowest BCUT2D eigenvalue weighted by atomic mass is 9.59. The smallest absolute Gasteiger partial charge is 0.248 e. The molecule has 0 N–H and O–H groups in total. The van der Waals surface area contributed by atoms with Gasteiger partial charge in [0.25, 0.3) is 0 Å². The summed E-state index contributed by atoms with van der Waals surface area (Å²) in [5, 5.41) is 0. The molecule has 0 spiro atoms. The quantitative estimate of drug-likeness (QED) is 0.745. The number of hydrogen-bond donors (Lipinski definition) is 0. The average molecular weight is 419 g/mol. The Morgan fingerprint density at radius 2 is 1.63 bits per heavy atom. The average Bonchev–Trinajstić information content (AvgIpc) is 2.73. The predicted molar refractivity (Wildman–Crippen MR) is 110 cm³/mol. The molecule has 0 unspecified atom stereocenters. The number of carbonyl (C=O) groups excluding carboxylic acids is 3. The highest BCUT2D eigenvalue weighted by Gasteiger charge is 2.49. The first-order chi connectivity index (χ1) is 14.3. The summed E-state index contributed by atoms with van der Waals surface area (Å²) in [5.41, 5.74) is 1.75. The van der Waals surface area contributed by atoms with Gasteiger partial charge in [-0.3, -0.25) is 4.79 Å². The second-order valence-corrected chi connectivity index (χ2v) is 7.20. The van der Waals surface area contributed by atoms with Crippen LogP contribution in [0.2, 0.25) is 0 Å².